The molecule has 0 bridgehead atoms. The zero-order valence-corrected chi connectivity index (χ0v) is 9.95. The van der Waals surface area contributed by atoms with Gasteiger partial charge in [-0.2, -0.15) is 0 Å². The van der Waals surface area contributed by atoms with Crippen LogP contribution >= 0.6 is 0 Å². The number of hydrogen-bond donors (Lipinski definition) is 1. The van der Waals surface area contributed by atoms with Crippen LogP contribution in [0.2, 0.25) is 0 Å². The van der Waals surface area contributed by atoms with Crippen LogP contribution in [0.3, 0.4) is 0 Å². The van der Waals surface area contributed by atoms with Crippen LogP contribution in [0.15, 0.2) is 0 Å². The molecule has 1 heterocycles. The van der Waals surface area contributed by atoms with Gasteiger partial charge in [0.25, 0.3) is 0 Å². The van der Waals surface area contributed by atoms with E-state index in [9.17, 15) is 13.2 Å². The molecule has 0 aromatic carbocycles. The van der Waals surface area contributed by atoms with E-state index in [4.69, 9.17) is 5.11 Å². The molecule has 16 heavy (non-hydrogen) atoms. The van der Waals surface area contributed by atoms with Crippen LogP contribution in [-0.2, 0) is 14.6 Å². The first-order valence-electron chi connectivity index (χ1n) is 5.65. The second kappa shape index (κ2) is 4.33. The first-order valence-corrected chi connectivity index (χ1v) is 7.47. The molecule has 2 fully saturated rings. The molecule has 0 aromatic heterocycles. The summed E-state index contributed by atoms with van der Waals surface area (Å²) in [5.74, 6) is -0.351. The second-order valence-corrected chi connectivity index (χ2v) is 6.82. The molecule has 0 aromatic rings. The number of hydrogen-bond acceptors (Lipinski definition) is 4. The summed E-state index contributed by atoms with van der Waals surface area (Å²) in [6.45, 7) is 0.280. The number of rotatable bonds is 4. The van der Waals surface area contributed by atoms with E-state index >= 15 is 0 Å². The summed E-state index contributed by atoms with van der Waals surface area (Å²) < 4.78 is 22.6. The van der Waals surface area contributed by atoms with E-state index in [-0.39, 0.29) is 36.0 Å². The molecule has 2 aliphatic rings. The van der Waals surface area contributed by atoms with Crippen molar-refractivity contribution < 1.29 is 18.3 Å². The average molecular weight is 247 g/mol. The molecule has 1 saturated heterocycles. The lowest BCUT2D eigenvalue weighted by Gasteiger charge is -2.24. The predicted molar refractivity (Wildman–Crippen MR) is 58.6 cm³/mol. The fraction of sp³-hybridized carbons (Fsp3) is 0.900. The number of sulfone groups is 1. The molecular formula is C10H17NO4S. The van der Waals surface area contributed by atoms with E-state index in [1.807, 2.05) is 0 Å². The van der Waals surface area contributed by atoms with Crippen molar-refractivity contribution in [1.29, 1.82) is 0 Å². The van der Waals surface area contributed by atoms with Crippen molar-refractivity contribution in [2.24, 2.45) is 5.92 Å². The zero-order valence-electron chi connectivity index (χ0n) is 9.13. The summed E-state index contributed by atoms with van der Waals surface area (Å²) in [5, 5.41) is 8.90. The molecule has 6 heteroatoms. The van der Waals surface area contributed by atoms with Gasteiger partial charge < -0.3 is 10.0 Å². The highest BCUT2D eigenvalue weighted by molar-refractivity contribution is 7.91. The second-order valence-electron chi connectivity index (χ2n) is 4.59. The Morgan fingerprint density at radius 2 is 2.00 bits per heavy atom. The molecule has 1 aliphatic heterocycles. The molecule has 0 spiro atoms. The summed E-state index contributed by atoms with van der Waals surface area (Å²) in [6, 6.07) is 0.239. The fourth-order valence-electron chi connectivity index (χ4n) is 2.19. The van der Waals surface area contributed by atoms with Gasteiger partial charge in [-0.3, -0.25) is 4.79 Å². The maximum Gasteiger partial charge on any atom is 0.227 e. The highest BCUT2D eigenvalue weighted by Gasteiger charge is 2.39. The standard InChI is InChI=1S/C10H17NO4S/c12-5-4-11(9-1-2-9)10(13)8-3-6-16(14,15)7-8/h8-9,12H,1-7H2. The van der Waals surface area contributed by atoms with Gasteiger partial charge in [0, 0.05) is 12.6 Å². The van der Waals surface area contributed by atoms with Crippen molar-refractivity contribution in [3.8, 4) is 0 Å². The Bertz CT molecular complexity index is 374. The normalized spacial score (nSPS) is 27.9. The lowest BCUT2D eigenvalue weighted by atomic mass is 10.1. The van der Waals surface area contributed by atoms with Gasteiger partial charge in [-0.25, -0.2) is 8.42 Å². The van der Waals surface area contributed by atoms with Crippen molar-refractivity contribution in [2.75, 3.05) is 24.7 Å². The molecule has 0 radical (unpaired) electrons. The summed E-state index contributed by atoms with van der Waals surface area (Å²) in [5.41, 5.74) is 0. The highest BCUT2D eigenvalue weighted by Crippen LogP contribution is 2.30. The van der Waals surface area contributed by atoms with E-state index in [0.29, 0.717) is 13.0 Å². The van der Waals surface area contributed by atoms with Crippen LogP contribution in [0, 0.1) is 5.92 Å². The maximum atomic E-state index is 12.1. The molecule has 2 rings (SSSR count). The predicted octanol–water partition coefficient (Wildman–Crippen LogP) is -0.596. The lowest BCUT2D eigenvalue weighted by molar-refractivity contribution is -0.135. The van der Waals surface area contributed by atoms with E-state index in [0.717, 1.165) is 12.8 Å². The summed E-state index contributed by atoms with van der Waals surface area (Å²) >= 11 is 0. The minimum absolute atomic E-state index is 0.0134. The smallest absolute Gasteiger partial charge is 0.227 e. The monoisotopic (exact) mass is 247 g/mol. The largest absolute Gasteiger partial charge is 0.395 e. The van der Waals surface area contributed by atoms with Gasteiger partial charge >= 0.3 is 0 Å². The first-order chi connectivity index (χ1) is 7.53. The molecule has 92 valence electrons. The third-order valence-electron chi connectivity index (χ3n) is 3.19. The minimum atomic E-state index is -3.00. The quantitative estimate of drug-likeness (QED) is 0.720. The number of nitrogens with zero attached hydrogens (tertiary/aromatic N) is 1. The van der Waals surface area contributed by atoms with E-state index in [1.165, 1.54) is 0 Å². The topological polar surface area (TPSA) is 74.7 Å². The average Bonchev–Trinajstić information content (AvgIpc) is 2.98. The summed E-state index contributed by atoms with van der Waals surface area (Å²) in [4.78, 5) is 13.7. The third kappa shape index (κ3) is 2.55. The molecule has 1 N–H and O–H groups in total. The molecule has 1 amide bonds. The van der Waals surface area contributed by atoms with Crippen molar-refractivity contribution in [1.82, 2.24) is 4.90 Å². The number of aliphatic hydroxyl groups excluding tert-OH is 1. The van der Waals surface area contributed by atoms with Crippen molar-refractivity contribution in [2.45, 2.75) is 25.3 Å². The molecule has 1 atom stereocenters. The van der Waals surface area contributed by atoms with Crippen molar-refractivity contribution in [3.63, 3.8) is 0 Å². The fourth-order valence-corrected chi connectivity index (χ4v) is 3.92. The van der Waals surface area contributed by atoms with Crippen LogP contribution in [0.25, 0.3) is 0 Å². The highest BCUT2D eigenvalue weighted by atomic mass is 32.2. The number of amides is 1. The van der Waals surface area contributed by atoms with Gasteiger partial charge in [-0.05, 0) is 19.3 Å². The summed E-state index contributed by atoms with van der Waals surface area (Å²) in [7, 11) is -3.00. The molecule has 1 saturated carbocycles. The number of carbonyl (C=O) groups is 1. The summed E-state index contributed by atoms with van der Waals surface area (Å²) in [6.07, 6.45) is 2.40. The van der Waals surface area contributed by atoms with E-state index < -0.39 is 9.84 Å². The minimum Gasteiger partial charge on any atom is -0.395 e. The van der Waals surface area contributed by atoms with Gasteiger partial charge in [0.2, 0.25) is 5.91 Å². The Kier molecular flexibility index (Phi) is 3.21. The van der Waals surface area contributed by atoms with Crippen LogP contribution in [0.4, 0.5) is 0 Å². The van der Waals surface area contributed by atoms with Gasteiger partial charge in [-0.1, -0.05) is 0 Å². The Hall–Kier alpha value is -0.620. The SMILES string of the molecule is O=C(C1CCS(=O)(=O)C1)N(CCO)C1CC1. The number of carbonyl (C=O) groups excluding carboxylic acids is 1. The Morgan fingerprint density at radius 1 is 1.31 bits per heavy atom. The van der Waals surface area contributed by atoms with Crippen LogP contribution in [-0.4, -0.2) is 55.0 Å². The zero-order chi connectivity index (χ0) is 11.8. The molecule has 1 unspecified atom stereocenters. The van der Waals surface area contributed by atoms with Crippen LogP contribution < -0.4 is 0 Å². The van der Waals surface area contributed by atoms with Gasteiger partial charge in [-0.15, -0.1) is 0 Å². The Labute approximate surface area is 95.4 Å². The van der Waals surface area contributed by atoms with E-state index in [2.05, 4.69) is 0 Å². The maximum absolute atomic E-state index is 12.1. The molecular weight excluding hydrogens is 230 g/mol. The molecule has 1 aliphatic carbocycles. The van der Waals surface area contributed by atoms with Crippen molar-refractivity contribution >= 4 is 15.7 Å². The van der Waals surface area contributed by atoms with E-state index in [1.54, 1.807) is 4.90 Å². The Balaban J connectivity index is 2.00. The van der Waals surface area contributed by atoms with Crippen LogP contribution in [0.5, 0.6) is 0 Å². The van der Waals surface area contributed by atoms with Gasteiger partial charge in [0.05, 0.1) is 24.0 Å². The third-order valence-corrected chi connectivity index (χ3v) is 4.96. The lowest BCUT2D eigenvalue weighted by Crippen LogP contribution is -2.40. The van der Waals surface area contributed by atoms with Crippen molar-refractivity contribution in [3.05, 3.63) is 0 Å². The Morgan fingerprint density at radius 3 is 2.44 bits per heavy atom. The van der Waals surface area contributed by atoms with Crippen LogP contribution in [0.1, 0.15) is 19.3 Å². The van der Waals surface area contributed by atoms with Gasteiger partial charge in [0.15, 0.2) is 9.84 Å². The molecule has 5 nitrogen and oxygen atoms in total. The number of aliphatic hydroxyl groups is 1. The first kappa shape index (κ1) is 11.9. The van der Waals surface area contributed by atoms with Gasteiger partial charge in [0.1, 0.15) is 0 Å².